The van der Waals surface area contributed by atoms with E-state index in [1.807, 2.05) is 6.07 Å². The van der Waals surface area contributed by atoms with E-state index >= 15 is 0 Å². The molecule has 0 bridgehead atoms. The second kappa shape index (κ2) is 6.83. The molecule has 0 fully saturated rings. The first-order chi connectivity index (χ1) is 8.04. The molecule has 0 aliphatic heterocycles. The number of rotatable bonds is 6. The van der Waals surface area contributed by atoms with Gasteiger partial charge in [-0.25, -0.2) is 0 Å². The molecule has 17 heavy (non-hydrogen) atoms. The van der Waals surface area contributed by atoms with Gasteiger partial charge >= 0.3 is 0 Å². The number of hydrogen-bond acceptors (Lipinski definition) is 1. The third-order valence-electron chi connectivity index (χ3n) is 2.72. The van der Waals surface area contributed by atoms with Crippen molar-refractivity contribution in [2.24, 2.45) is 0 Å². The molecule has 1 atom stereocenters. The summed E-state index contributed by atoms with van der Waals surface area (Å²) in [6, 6.07) is 6.53. The van der Waals surface area contributed by atoms with Gasteiger partial charge in [-0.2, -0.15) is 0 Å². The minimum atomic E-state index is 0.278. The molecule has 1 N–H and O–H groups in total. The van der Waals surface area contributed by atoms with E-state index in [-0.39, 0.29) is 6.04 Å². The van der Waals surface area contributed by atoms with Crippen LogP contribution in [0.3, 0.4) is 0 Å². The average molecular weight is 252 g/mol. The van der Waals surface area contributed by atoms with E-state index in [0.717, 1.165) is 24.4 Å². The maximum absolute atomic E-state index is 6.32. The highest BCUT2D eigenvalue weighted by Gasteiger charge is 2.13. The fourth-order valence-corrected chi connectivity index (χ4v) is 2.24. The molecular formula is C15H22ClN. The first-order valence-electron chi connectivity index (χ1n) is 6.18. The number of aryl methyl sites for hydroxylation is 1. The van der Waals surface area contributed by atoms with Crippen LogP contribution in [0.25, 0.3) is 0 Å². The van der Waals surface area contributed by atoms with E-state index in [0.29, 0.717) is 0 Å². The minimum Gasteiger partial charge on any atom is -0.310 e. The zero-order chi connectivity index (χ0) is 12.8. The van der Waals surface area contributed by atoms with Gasteiger partial charge < -0.3 is 5.32 Å². The second-order valence-electron chi connectivity index (χ2n) is 4.69. The molecule has 0 radical (unpaired) electrons. The van der Waals surface area contributed by atoms with Crippen molar-refractivity contribution >= 4 is 11.6 Å². The molecule has 94 valence electrons. The summed E-state index contributed by atoms with van der Waals surface area (Å²) in [5.74, 6) is 0. The van der Waals surface area contributed by atoms with Gasteiger partial charge in [-0.3, -0.25) is 0 Å². The summed E-state index contributed by atoms with van der Waals surface area (Å²) in [5.41, 5.74) is 3.55. The van der Waals surface area contributed by atoms with Crippen molar-refractivity contribution in [1.82, 2.24) is 5.32 Å². The van der Waals surface area contributed by atoms with Gasteiger partial charge in [-0.1, -0.05) is 36.2 Å². The van der Waals surface area contributed by atoms with Gasteiger partial charge in [-0.05, 0) is 50.4 Å². The molecule has 0 saturated carbocycles. The van der Waals surface area contributed by atoms with Crippen molar-refractivity contribution in [3.05, 3.63) is 46.5 Å². The van der Waals surface area contributed by atoms with E-state index in [9.17, 15) is 0 Å². The summed E-state index contributed by atoms with van der Waals surface area (Å²) < 4.78 is 0. The number of hydrogen-bond donors (Lipinski definition) is 1. The molecule has 0 saturated heterocycles. The maximum Gasteiger partial charge on any atom is 0.0456 e. The highest BCUT2D eigenvalue weighted by molar-refractivity contribution is 6.31. The Morgan fingerprint density at radius 2 is 2.18 bits per heavy atom. The lowest BCUT2D eigenvalue weighted by Crippen LogP contribution is -2.22. The Kier molecular flexibility index (Phi) is 5.73. The quantitative estimate of drug-likeness (QED) is 0.726. The van der Waals surface area contributed by atoms with Gasteiger partial charge in [-0.15, -0.1) is 6.58 Å². The van der Waals surface area contributed by atoms with Crippen LogP contribution in [-0.2, 0) is 0 Å². The van der Waals surface area contributed by atoms with E-state index < -0.39 is 0 Å². The molecule has 0 aliphatic carbocycles. The van der Waals surface area contributed by atoms with Crippen LogP contribution >= 0.6 is 11.6 Å². The molecule has 1 aromatic carbocycles. The normalized spacial score (nSPS) is 12.5. The summed E-state index contributed by atoms with van der Waals surface area (Å²) in [7, 11) is 0. The number of halogens is 1. The lowest BCUT2D eigenvalue weighted by atomic mass is 9.99. The first-order valence-corrected chi connectivity index (χ1v) is 6.56. The summed E-state index contributed by atoms with van der Waals surface area (Å²) in [6.45, 7) is 11.3. The van der Waals surface area contributed by atoms with Gasteiger partial charge in [0.15, 0.2) is 0 Å². The summed E-state index contributed by atoms with van der Waals surface area (Å²) in [6.07, 6.45) is 2.05. The first kappa shape index (κ1) is 14.3. The SMILES string of the molecule is C=C(C)CC(NCCC)c1ccc(C)cc1Cl. The largest absolute Gasteiger partial charge is 0.310 e. The molecule has 0 aliphatic rings. The zero-order valence-corrected chi connectivity index (χ0v) is 11.8. The standard InChI is InChI=1S/C15H22ClN/c1-5-8-17-15(9-11(2)3)13-7-6-12(4)10-14(13)16/h6-7,10,15,17H,2,5,8-9H2,1,3-4H3. The highest BCUT2D eigenvalue weighted by atomic mass is 35.5. The molecule has 1 unspecified atom stereocenters. The van der Waals surface area contributed by atoms with E-state index in [4.69, 9.17) is 11.6 Å². The summed E-state index contributed by atoms with van der Waals surface area (Å²) in [4.78, 5) is 0. The van der Waals surface area contributed by atoms with Crippen molar-refractivity contribution in [1.29, 1.82) is 0 Å². The Morgan fingerprint density at radius 3 is 2.71 bits per heavy atom. The minimum absolute atomic E-state index is 0.278. The van der Waals surface area contributed by atoms with Crippen molar-refractivity contribution in [3.63, 3.8) is 0 Å². The Hall–Kier alpha value is -0.790. The van der Waals surface area contributed by atoms with Gasteiger partial charge in [0.25, 0.3) is 0 Å². The molecule has 2 heteroatoms. The molecule has 0 spiro atoms. The monoisotopic (exact) mass is 251 g/mol. The maximum atomic E-state index is 6.32. The van der Waals surface area contributed by atoms with E-state index in [1.54, 1.807) is 0 Å². The summed E-state index contributed by atoms with van der Waals surface area (Å²) >= 11 is 6.32. The highest BCUT2D eigenvalue weighted by Crippen LogP contribution is 2.28. The molecule has 1 aromatic rings. The topological polar surface area (TPSA) is 12.0 Å². The van der Waals surface area contributed by atoms with Gasteiger partial charge in [0.1, 0.15) is 0 Å². The average Bonchev–Trinajstić information content (AvgIpc) is 2.24. The van der Waals surface area contributed by atoms with Crippen LogP contribution in [0.4, 0.5) is 0 Å². The summed E-state index contributed by atoms with van der Waals surface area (Å²) in [5, 5.41) is 4.38. The van der Waals surface area contributed by atoms with Gasteiger partial charge in [0, 0.05) is 11.1 Å². The Labute approximate surface area is 110 Å². The van der Waals surface area contributed by atoms with Crippen LogP contribution < -0.4 is 5.32 Å². The fourth-order valence-electron chi connectivity index (χ4n) is 1.87. The molecule has 0 aromatic heterocycles. The zero-order valence-electron chi connectivity index (χ0n) is 11.0. The van der Waals surface area contributed by atoms with Crippen LogP contribution in [0, 0.1) is 6.92 Å². The molecule has 1 nitrogen and oxygen atoms in total. The van der Waals surface area contributed by atoms with Crippen LogP contribution in [0.1, 0.15) is 43.9 Å². The lowest BCUT2D eigenvalue weighted by Gasteiger charge is -2.20. The molecule has 0 heterocycles. The fraction of sp³-hybridized carbons (Fsp3) is 0.467. The predicted octanol–water partition coefficient (Wildman–Crippen LogP) is 4.66. The van der Waals surface area contributed by atoms with Crippen LogP contribution in [0.15, 0.2) is 30.4 Å². The number of nitrogens with one attached hydrogen (secondary N) is 1. The van der Waals surface area contributed by atoms with Crippen molar-refractivity contribution in [2.45, 2.75) is 39.7 Å². The third kappa shape index (κ3) is 4.53. The number of benzene rings is 1. The van der Waals surface area contributed by atoms with Crippen molar-refractivity contribution < 1.29 is 0 Å². The molecule has 0 amide bonds. The smallest absolute Gasteiger partial charge is 0.0456 e. The van der Waals surface area contributed by atoms with E-state index in [2.05, 4.69) is 44.8 Å². The third-order valence-corrected chi connectivity index (χ3v) is 3.05. The van der Waals surface area contributed by atoms with Crippen LogP contribution in [-0.4, -0.2) is 6.54 Å². The Morgan fingerprint density at radius 1 is 1.47 bits per heavy atom. The van der Waals surface area contributed by atoms with Crippen LogP contribution in [0.2, 0.25) is 5.02 Å². The second-order valence-corrected chi connectivity index (χ2v) is 5.10. The van der Waals surface area contributed by atoms with Gasteiger partial charge in [0.2, 0.25) is 0 Å². The van der Waals surface area contributed by atoms with Gasteiger partial charge in [0.05, 0.1) is 0 Å². The lowest BCUT2D eigenvalue weighted by molar-refractivity contribution is 0.528. The Bertz CT molecular complexity index is 385. The molecular weight excluding hydrogens is 230 g/mol. The van der Waals surface area contributed by atoms with Crippen molar-refractivity contribution in [3.8, 4) is 0 Å². The Balaban J connectivity index is 2.90. The molecule has 1 rings (SSSR count). The van der Waals surface area contributed by atoms with Crippen molar-refractivity contribution in [2.75, 3.05) is 6.54 Å². The predicted molar refractivity (Wildman–Crippen MR) is 76.7 cm³/mol. The van der Waals surface area contributed by atoms with E-state index in [1.165, 1.54) is 16.7 Å². The van der Waals surface area contributed by atoms with Crippen LogP contribution in [0.5, 0.6) is 0 Å².